The van der Waals surface area contributed by atoms with Crippen LogP contribution in [0.4, 0.5) is 21.9 Å². The fraction of sp³-hybridized carbons (Fsp3) is 0.0952. The normalized spacial score (nSPS) is 13.6. The maximum absolute atomic E-state index is 12.5. The molecule has 1 aliphatic heterocycles. The number of urea groups is 1. The van der Waals surface area contributed by atoms with Crippen LogP contribution in [0.15, 0.2) is 70.0 Å². The summed E-state index contributed by atoms with van der Waals surface area (Å²) in [5.74, 6) is -0.179. The van der Waals surface area contributed by atoms with Crippen LogP contribution in [0.25, 0.3) is 0 Å². The molecule has 0 fully saturated rings. The Kier molecular flexibility index (Phi) is 6.36. The quantitative estimate of drug-likeness (QED) is 0.468. The molecular formula is C21H18ClN5O4S2. The number of nitrogens with zero attached hydrogens (tertiary/aromatic N) is 2. The molecule has 170 valence electrons. The van der Waals surface area contributed by atoms with Crippen molar-refractivity contribution < 1.29 is 18.0 Å². The summed E-state index contributed by atoms with van der Waals surface area (Å²) in [7, 11) is -2.20. The smallest absolute Gasteiger partial charge is 0.333 e. The van der Waals surface area contributed by atoms with Crippen LogP contribution in [0.1, 0.15) is 12.0 Å². The highest BCUT2D eigenvalue weighted by molar-refractivity contribution is 7.92. The van der Waals surface area contributed by atoms with E-state index in [2.05, 4.69) is 15.7 Å². The first-order valence-corrected chi connectivity index (χ1v) is 12.3. The summed E-state index contributed by atoms with van der Waals surface area (Å²) in [6.07, 6.45) is 0.173. The van der Waals surface area contributed by atoms with Crippen molar-refractivity contribution in [2.75, 3.05) is 22.7 Å². The zero-order valence-electron chi connectivity index (χ0n) is 17.2. The molecule has 9 nitrogen and oxygen atoms in total. The molecule has 3 N–H and O–H groups in total. The van der Waals surface area contributed by atoms with Crippen molar-refractivity contribution in [3.63, 3.8) is 0 Å². The van der Waals surface area contributed by atoms with Crippen molar-refractivity contribution in [3.05, 3.63) is 70.6 Å². The summed E-state index contributed by atoms with van der Waals surface area (Å²) in [5.41, 5.74) is 3.33. The third kappa shape index (κ3) is 5.16. The van der Waals surface area contributed by atoms with E-state index in [9.17, 15) is 18.0 Å². The van der Waals surface area contributed by atoms with E-state index in [0.29, 0.717) is 21.4 Å². The summed E-state index contributed by atoms with van der Waals surface area (Å²) in [4.78, 5) is 24.6. The van der Waals surface area contributed by atoms with Gasteiger partial charge in [-0.1, -0.05) is 23.7 Å². The number of hydrogen-bond acceptors (Lipinski definition) is 7. The van der Waals surface area contributed by atoms with E-state index in [4.69, 9.17) is 11.6 Å². The number of thiophene rings is 1. The minimum absolute atomic E-state index is 0.0696. The molecule has 2 heterocycles. The Morgan fingerprint density at radius 3 is 2.30 bits per heavy atom. The minimum Gasteiger partial charge on any atom is -0.388 e. The zero-order valence-corrected chi connectivity index (χ0v) is 19.6. The Morgan fingerprint density at radius 1 is 1.03 bits per heavy atom. The number of rotatable bonds is 6. The van der Waals surface area contributed by atoms with Crippen molar-refractivity contribution >= 4 is 67.7 Å². The monoisotopic (exact) mass is 503 g/mol. The van der Waals surface area contributed by atoms with E-state index < -0.39 is 16.1 Å². The van der Waals surface area contributed by atoms with E-state index >= 15 is 0 Å². The first-order chi connectivity index (χ1) is 15.7. The van der Waals surface area contributed by atoms with Crippen molar-refractivity contribution in [2.45, 2.75) is 10.6 Å². The van der Waals surface area contributed by atoms with Crippen LogP contribution in [-0.2, 0) is 14.8 Å². The Labute approximate surface area is 199 Å². The molecule has 0 atom stereocenters. The van der Waals surface area contributed by atoms with E-state index in [-0.39, 0.29) is 16.5 Å². The first kappa shape index (κ1) is 22.8. The van der Waals surface area contributed by atoms with Gasteiger partial charge in [-0.15, -0.1) is 11.3 Å². The lowest BCUT2D eigenvalue weighted by Crippen LogP contribution is -2.33. The second kappa shape index (κ2) is 9.22. The molecule has 2 aromatic carbocycles. The molecule has 0 unspecified atom stereocenters. The highest BCUT2D eigenvalue weighted by Gasteiger charge is 2.26. The van der Waals surface area contributed by atoms with Gasteiger partial charge in [0.05, 0.1) is 22.2 Å². The number of sulfonamides is 1. The third-order valence-electron chi connectivity index (χ3n) is 4.69. The topological polar surface area (TPSA) is 120 Å². The van der Waals surface area contributed by atoms with Crippen molar-refractivity contribution in [2.24, 2.45) is 5.10 Å². The van der Waals surface area contributed by atoms with Crippen molar-refractivity contribution in [1.29, 1.82) is 0 Å². The molecule has 0 bridgehead atoms. The van der Waals surface area contributed by atoms with Gasteiger partial charge in [0.2, 0.25) is 0 Å². The third-order valence-corrected chi connectivity index (χ3v) is 7.75. The SMILES string of the molecule is CNc1ccc(C2=NN(c3ccc(NC(=O)NS(=O)(=O)c4ccc(Cl)s4)cc3)C(=O)C2)cc1. The molecule has 4 rings (SSSR count). The van der Waals surface area contributed by atoms with Crippen LogP contribution in [0.5, 0.6) is 0 Å². The largest absolute Gasteiger partial charge is 0.388 e. The summed E-state index contributed by atoms with van der Waals surface area (Å²) >= 11 is 6.60. The fourth-order valence-corrected chi connectivity index (χ4v) is 5.47. The van der Waals surface area contributed by atoms with Gasteiger partial charge < -0.3 is 10.6 Å². The van der Waals surface area contributed by atoms with Crippen LogP contribution in [0, 0.1) is 0 Å². The second-order valence-corrected chi connectivity index (χ2v) is 10.5. The summed E-state index contributed by atoms with van der Waals surface area (Å²) in [5, 5.41) is 11.2. The number of nitrogens with one attached hydrogen (secondary N) is 3. The van der Waals surface area contributed by atoms with Crippen LogP contribution < -0.4 is 20.4 Å². The average molecular weight is 504 g/mol. The molecule has 1 aliphatic rings. The van der Waals surface area contributed by atoms with Gasteiger partial charge in [0.15, 0.2) is 0 Å². The van der Waals surface area contributed by atoms with Gasteiger partial charge in [0, 0.05) is 18.4 Å². The zero-order chi connectivity index (χ0) is 23.6. The molecule has 0 radical (unpaired) electrons. The molecule has 1 aromatic heterocycles. The maximum Gasteiger partial charge on any atom is 0.333 e. The molecule has 3 aromatic rings. The Balaban J connectivity index is 1.42. The predicted molar refractivity (Wildman–Crippen MR) is 130 cm³/mol. The van der Waals surface area contributed by atoms with E-state index in [1.165, 1.54) is 17.1 Å². The molecule has 0 aliphatic carbocycles. The highest BCUT2D eigenvalue weighted by Crippen LogP contribution is 2.26. The van der Waals surface area contributed by atoms with Gasteiger partial charge in [0.1, 0.15) is 4.21 Å². The van der Waals surface area contributed by atoms with Crippen molar-refractivity contribution in [3.8, 4) is 0 Å². The Morgan fingerprint density at radius 2 is 1.70 bits per heavy atom. The molecular weight excluding hydrogens is 486 g/mol. The van der Waals surface area contributed by atoms with Crippen LogP contribution in [0.2, 0.25) is 4.34 Å². The number of hydrazone groups is 1. The number of hydrogen-bond donors (Lipinski definition) is 3. The lowest BCUT2D eigenvalue weighted by Gasteiger charge is -2.13. The molecule has 0 saturated carbocycles. The maximum atomic E-state index is 12.5. The number of amides is 3. The molecule has 0 spiro atoms. The molecule has 33 heavy (non-hydrogen) atoms. The van der Waals surface area contributed by atoms with Crippen LogP contribution >= 0.6 is 22.9 Å². The lowest BCUT2D eigenvalue weighted by atomic mass is 10.1. The standard InChI is InChI=1S/C21H18ClN5O4S2/c1-23-14-4-2-13(3-5-14)17-12-19(28)27(25-17)16-8-6-15(7-9-16)24-21(29)26-33(30,31)20-11-10-18(22)32-20/h2-11,23H,12H2,1H3,(H2,24,26,29). The first-order valence-electron chi connectivity index (χ1n) is 9.63. The van der Waals surface area contributed by atoms with Crippen LogP contribution in [0.3, 0.4) is 0 Å². The summed E-state index contributed by atoms with van der Waals surface area (Å²) in [6.45, 7) is 0. The predicted octanol–water partition coefficient (Wildman–Crippen LogP) is 4.09. The van der Waals surface area contributed by atoms with Gasteiger partial charge >= 0.3 is 6.03 Å². The van der Waals surface area contributed by atoms with Crippen molar-refractivity contribution in [1.82, 2.24) is 4.72 Å². The number of anilines is 3. The fourth-order valence-electron chi connectivity index (χ4n) is 3.08. The van der Waals surface area contributed by atoms with E-state index in [1.54, 1.807) is 24.3 Å². The minimum atomic E-state index is -4.03. The average Bonchev–Trinajstić information content (AvgIpc) is 3.40. The number of carbonyl (C=O) groups is 2. The van der Waals surface area contributed by atoms with Gasteiger partial charge in [-0.2, -0.15) is 5.10 Å². The van der Waals surface area contributed by atoms with Gasteiger partial charge in [-0.25, -0.2) is 22.9 Å². The number of benzene rings is 2. The molecule has 12 heteroatoms. The summed E-state index contributed by atoms with van der Waals surface area (Å²) in [6, 6.07) is 15.7. The second-order valence-electron chi connectivity index (χ2n) is 6.92. The van der Waals surface area contributed by atoms with E-state index in [1.807, 2.05) is 36.0 Å². The number of halogens is 1. The summed E-state index contributed by atoms with van der Waals surface area (Å²) < 4.78 is 26.6. The van der Waals surface area contributed by atoms with Gasteiger partial charge in [-0.3, -0.25) is 4.79 Å². The highest BCUT2D eigenvalue weighted by atomic mass is 35.5. The molecule has 0 saturated heterocycles. The van der Waals surface area contributed by atoms with E-state index in [0.717, 1.165) is 22.6 Å². The molecule has 3 amide bonds. The lowest BCUT2D eigenvalue weighted by molar-refractivity contribution is -0.116. The van der Waals surface area contributed by atoms with Gasteiger partial charge in [-0.05, 0) is 54.1 Å². The van der Waals surface area contributed by atoms with Gasteiger partial charge in [0.25, 0.3) is 15.9 Å². The number of carbonyl (C=O) groups excluding carboxylic acids is 2. The Bertz CT molecular complexity index is 1340. The van der Waals surface area contributed by atoms with Crippen LogP contribution in [-0.4, -0.2) is 33.1 Å². The Hall–Kier alpha value is -3.41.